The summed E-state index contributed by atoms with van der Waals surface area (Å²) in [6.07, 6.45) is 0. The lowest BCUT2D eigenvalue weighted by molar-refractivity contribution is 0.451. The first-order chi connectivity index (χ1) is 18.5. The molecule has 0 saturated heterocycles. The van der Waals surface area contributed by atoms with Crippen LogP contribution >= 0.6 is 23.2 Å². The van der Waals surface area contributed by atoms with Gasteiger partial charge in [0, 0.05) is 0 Å². The Bertz CT molecular complexity index is 1090. The second kappa shape index (κ2) is 22.4. The van der Waals surface area contributed by atoms with Gasteiger partial charge in [-0.3, -0.25) is 0 Å². The summed E-state index contributed by atoms with van der Waals surface area (Å²) in [5, 5.41) is 7.07. The molecule has 3 aromatic rings. The van der Waals surface area contributed by atoms with E-state index < -0.39 is 0 Å². The zero-order valence-electron chi connectivity index (χ0n) is 25.1. The van der Waals surface area contributed by atoms with Crippen LogP contribution in [-0.2, 0) is 0 Å². The fourth-order valence-corrected chi connectivity index (χ4v) is 3.25. The zero-order valence-corrected chi connectivity index (χ0v) is 26.6. The van der Waals surface area contributed by atoms with Crippen LogP contribution in [0.5, 0.6) is 23.0 Å². The number of rotatable bonds is 0. The number of hydrogen-bond acceptors (Lipinski definition) is 6. The second-order valence-corrected chi connectivity index (χ2v) is 7.10. The summed E-state index contributed by atoms with van der Waals surface area (Å²) in [6.45, 7) is 16.0. The van der Waals surface area contributed by atoms with Gasteiger partial charge in [0.05, 0.1) is 0 Å². The smallest absolute Gasteiger partial charge is 0.175 e. The molecule has 0 aliphatic carbocycles. The molecule has 0 spiro atoms. The van der Waals surface area contributed by atoms with Gasteiger partial charge in [-0.05, 0) is 52.5 Å². The number of ether oxygens (including phenoxy) is 2. The summed E-state index contributed by atoms with van der Waals surface area (Å²) in [4.78, 5) is 9.14. The van der Waals surface area contributed by atoms with Crippen LogP contribution in [0, 0.1) is 0 Å². The fraction of sp³-hybridized carbons (Fsp3) is 0.400. The van der Waals surface area contributed by atoms with E-state index in [1.165, 1.54) is 0 Å². The van der Waals surface area contributed by atoms with Gasteiger partial charge >= 0.3 is 0 Å². The van der Waals surface area contributed by atoms with E-state index in [2.05, 4.69) is 20.6 Å². The first-order valence-corrected chi connectivity index (χ1v) is 14.0. The van der Waals surface area contributed by atoms with Crippen LogP contribution in [0.3, 0.4) is 0 Å². The van der Waals surface area contributed by atoms with Crippen molar-refractivity contribution in [3.05, 3.63) is 69.3 Å². The molecule has 2 aliphatic rings. The third-order valence-corrected chi connectivity index (χ3v) is 4.57. The van der Waals surface area contributed by atoms with Crippen molar-refractivity contribution >= 4 is 34.6 Å². The molecule has 6 nitrogen and oxygen atoms in total. The van der Waals surface area contributed by atoms with Gasteiger partial charge in [-0.2, -0.15) is 0 Å². The van der Waals surface area contributed by atoms with Gasteiger partial charge in [-0.15, -0.1) is 0 Å². The number of para-hydroxylation sites is 4. The van der Waals surface area contributed by atoms with E-state index in [1.54, 1.807) is 0 Å². The third-order valence-electron chi connectivity index (χ3n) is 3.86. The summed E-state index contributed by atoms with van der Waals surface area (Å²) < 4.78 is 11.8. The van der Waals surface area contributed by atoms with E-state index in [-0.39, 0.29) is 0 Å². The van der Waals surface area contributed by atoms with Gasteiger partial charge in [0.25, 0.3) is 0 Å². The molecule has 0 radical (unpaired) electrons. The lowest BCUT2D eigenvalue weighted by atomic mass is 10.2. The van der Waals surface area contributed by atoms with E-state index in [4.69, 9.17) is 32.7 Å². The predicted molar refractivity (Wildman–Crippen MR) is 166 cm³/mol. The number of nitrogens with zero attached hydrogens (tertiary/aromatic N) is 2. The van der Waals surface area contributed by atoms with Crippen LogP contribution in [0.4, 0.5) is 11.4 Å². The SMILES string of the molecule is CC.CC.CC.CC.CNC.CNC.Clc1c2c(c(Cl)c3c1=Nc1ccccc1O3)=Nc1ccccc1O2. The van der Waals surface area contributed by atoms with Crippen molar-refractivity contribution in [2.75, 3.05) is 28.2 Å². The van der Waals surface area contributed by atoms with Crippen molar-refractivity contribution in [3.8, 4) is 23.0 Å². The minimum atomic E-state index is 0.331. The molecule has 8 heteroatoms. The second-order valence-electron chi connectivity index (χ2n) is 6.35. The zero-order chi connectivity index (χ0) is 29.7. The molecule has 0 amide bonds. The van der Waals surface area contributed by atoms with Crippen LogP contribution in [0.2, 0.25) is 10.0 Å². The topological polar surface area (TPSA) is 67.2 Å². The number of hydrogen-bond donors (Lipinski definition) is 2. The molecule has 38 heavy (non-hydrogen) atoms. The molecule has 0 atom stereocenters. The number of halogens is 2. The maximum absolute atomic E-state index is 6.53. The molecule has 0 aromatic heterocycles. The van der Waals surface area contributed by atoms with Crippen molar-refractivity contribution in [3.63, 3.8) is 0 Å². The minimum Gasteiger partial charge on any atom is -0.451 e. The van der Waals surface area contributed by atoms with E-state index >= 15 is 0 Å². The van der Waals surface area contributed by atoms with Crippen molar-refractivity contribution < 1.29 is 9.47 Å². The molecule has 3 aromatic carbocycles. The average Bonchev–Trinajstić information content (AvgIpc) is 2.99. The number of fused-ring (bicyclic) bond motifs is 4. The molecule has 0 bridgehead atoms. The fourth-order valence-electron chi connectivity index (χ4n) is 2.74. The Morgan fingerprint density at radius 2 is 0.789 bits per heavy atom. The highest BCUT2D eigenvalue weighted by atomic mass is 35.5. The summed E-state index contributed by atoms with van der Waals surface area (Å²) >= 11 is 13.1. The van der Waals surface area contributed by atoms with Gasteiger partial charge in [-0.1, -0.05) is 103 Å². The summed E-state index contributed by atoms with van der Waals surface area (Å²) in [5.41, 5.74) is 1.38. The standard InChI is InChI=1S/C18H8Cl2N2O2.2C2H7N.4C2H6/c19-13-15-17(23-11-7-3-1-5-9(11)21-15)14(20)16-18(13)24-12-8-4-2-6-10(12)22-16;2*1-3-2;4*1-2/h1-8H;2*3H,1-2H3;4*1-2H3. The first kappa shape index (κ1) is 37.5. The van der Waals surface area contributed by atoms with Crippen molar-refractivity contribution in [1.29, 1.82) is 0 Å². The van der Waals surface area contributed by atoms with E-state index in [0.717, 1.165) is 0 Å². The Balaban J connectivity index is 0. The Morgan fingerprint density at radius 3 is 1.08 bits per heavy atom. The third kappa shape index (κ3) is 9.91. The van der Waals surface area contributed by atoms with E-state index in [1.807, 2.05) is 132 Å². The van der Waals surface area contributed by atoms with Crippen LogP contribution in [-0.4, -0.2) is 28.2 Å². The Labute approximate surface area is 240 Å². The quantitative estimate of drug-likeness (QED) is 0.197. The molecule has 0 unspecified atom stereocenters. The monoisotopic (exact) mass is 564 g/mol. The average molecular weight is 566 g/mol. The van der Waals surface area contributed by atoms with Crippen LogP contribution in [0.25, 0.3) is 0 Å². The highest BCUT2D eigenvalue weighted by Gasteiger charge is 2.26. The molecule has 2 heterocycles. The van der Waals surface area contributed by atoms with E-state index in [0.29, 0.717) is 55.1 Å². The maximum Gasteiger partial charge on any atom is 0.175 e. The molecular weight excluding hydrogens is 519 g/mol. The molecule has 2 aliphatic heterocycles. The molecule has 5 rings (SSSR count). The van der Waals surface area contributed by atoms with Crippen LogP contribution < -0.4 is 30.8 Å². The summed E-state index contributed by atoms with van der Waals surface area (Å²) in [5.74, 6) is 2.04. The molecular formula is C30H46Cl2N4O2. The molecule has 212 valence electrons. The molecule has 0 fully saturated rings. The minimum absolute atomic E-state index is 0.331. The van der Waals surface area contributed by atoms with Gasteiger partial charge < -0.3 is 20.1 Å². The summed E-state index contributed by atoms with van der Waals surface area (Å²) in [6, 6.07) is 14.9. The molecule has 2 N–H and O–H groups in total. The normalized spacial score (nSPS) is 9.84. The van der Waals surface area contributed by atoms with Gasteiger partial charge in [0.15, 0.2) is 23.0 Å². The highest BCUT2D eigenvalue weighted by molar-refractivity contribution is 6.35. The highest BCUT2D eigenvalue weighted by Crippen LogP contribution is 2.41. The Morgan fingerprint density at radius 1 is 0.526 bits per heavy atom. The van der Waals surface area contributed by atoms with Crippen molar-refractivity contribution in [2.45, 2.75) is 55.4 Å². The van der Waals surface area contributed by atoms with Gasteiger partial charge in [-0.25, -0.2) is 9.98 Å². The molecule has 0 saturated carbocycles. The van der Waals surface area contributed by atoms with Crippen LogP contribution in [0.15, 0.2) is 58.5 Å². The maximum atomic E-state index is 6.53. The van der Waals surface area contributed by atoms with Gasteiger partial charge in [0.2, 0.25) is 0 Å². The lowest BCUT2D eigenvalue weighted by Crippen LogP contribution is -2.22. The Hall–Kier alpha value is -2.64. The van der Waals surface area contributed by atoms with Crippen molar-refractivity contribution in [2.24, 2.45) is 9.98 Å². The van der Waals surface area contributed by atoms with Crippen LogP contribution in [0.1, 0.15) is 55.4 Å². The number of benzene rings is 3. The van der Waals surface area contributed by atoms with E-state index in [9.17, 15) is 0 Å². The lowest BCUT2D eigenvalue weighted by Gasteiger charge is -2.20. The van der Waals surface area contributed by atoms with Gasteiger partial charge in [0.1, 0.15) is 32.1 Å². The van der Waals surface area contributed by atoms with Crippen molar-refractivity contribution in [1.82, 2.24) is 10.6 Å². The number of nitrogens with one attached hydrogen (secondary N) is 2. The largest absolute Gasteiger partial charge is 0.451 e. The summed E-state index contributed by atoms with van der Waals surface area (Å²) in [7, 11) is 7.50. The Kier molecular flexibility index (Phi) is 22.1. The predicted octanol–water partition coefficient (Wildman–Crippen LogP) is 8.88. The first-order valence-electron chi connectivity index (χ1n) is 13.2.